The van der Waals surface area contributed by atoms with Gasteiger partial charge in [0.25, 0.3) is 0 Å². The minimum atomic E-state index is -0.0601. The lowest BCUT2D eigenvalue weighted by atomic mass is 10.1. The molecule has 0 N–H and O–H groups in total. The molecule has 3 aromatic carbocycles. The predicted molar refractivity (Wildman–Crippen MR) is 121 cm³/mol. The molecule has 30 heavy (non-hydrogen) atoms. The molecule has 0 bridgehead atoms. The van der Waals surface area contributed by atoms with Crippen LogP contribution in [0.4, 0.5) is 0 Å². The van der Waals surface area contributed by atoms with Gasteiger partial charge in [-0.05, 0) is 16.7 Å². The number of rotatable bonds is 9. The van der Waals surface area contributed by atoms with Crippen molar-refractivity contribution in [3.63, 3.8) is 0 Å². The number of likely N-dealkylation sites (tertiary alicyclic amines) is 1. The summed E-state index contributed by atoms with van der Waals surface area (Å²) < 4.78 is 12.8. The van der Waals surface area contributed by atoms with E-state index in [1.54, 1.807) is 0 Å². The van der Waals surface area contributed by atoms with Crippen molar-refractivity contribution in [1.29, 1.82) is 0 Å². The molecule has 1 fully saturated rings. The predicted octanol–water partition coefficient (Wildman–Crippen LogP) is 5.23. The van der Waals surface area contributed by atoms with Gasteiger partial charge in [0.1, 0.15) is 6.10 Å². The highest BCUT2D eigenvalue weighted by molar-refractivity contribution is 5.18. The lowest BCUT2D eigenvalue weighted by molar-refractivity contribution is -0.0659. The molecule has 3 nitrogen and oxygen atoms in total. The van der Waals surface area contributed by atoms with Crippen molar-refractivity contribution in [2.45, 2.75) is 38.0 Å². The van der Waals surface area contributed by atoms with Crippen LogP contribution in [0.3, 0.4) is 0 Å². The SMILES string of the molecule is C=C[C@@H]1[C@H](OCc2ccccc2)[C@@H](OCc2ccccc2)CN1Cc1ccccc1. The van der Waals surface area contributed by atoms with Crippen molar-refractivity contribution >= 4 is 0 Å². The molecule has 0 amide bonds. The topological polar surface area (TPSA) is 21.7 Å². The molecule has 0 unspecified atom stereocenters. The third-order valence-corrected chi connectivity index (χ3v) is 5.60. The molecule has 1 saturated heterocycles. The molecule has 0 saturated carbocycles. The van der Waals surface area contributed by atoms with Gasteiger partial charge in [0.2, 0.25) is 0 Å². The monoisotopic (exact) mass is 399 g/mol. The van der Waals surface area contributed by atoms with Gasteiger partial charge in [0.05, 0.1) is 25.4 Å². The van der Waals surface area contributed by atoms with Crippen molar-refractivity contribution in [3.05, 3.63) is 120 Å². The first-order chi connectivity index (χ1) is 14.8. The largest absolute Gasteiger partial charge is 0.369 e. The lowest BCUT2D eigenvalue weighted by Gasteiger charge is -2.26. The summed E-state index contributed by atoms with van der Waals surface area (Å²) in [6.07, 6.45) is 1.93. The van der Waals surface area contributed by atoms with Crippen LogP contribution in [0.1, 0.15) is 16.7 Å². The van der Waals surface area contributed by atoms with E-state index in [0.717, 1.165) is 13.1 Å². The molecule has 3 aromatic rings. The van der Waals surface area contributed by atoms with Crippen LogP contribution in [0.5, 0.6) is 0 Å². The van der Waals surface area contributed by atoms with E-state index in [1.807, 2.05) is 42.5 Å². The van der Waals surface area contributed by atoms with Crippen LogP contribution in [-0.4, -0.2) is 29.7 Å². The van der Waals surface area contributed by atoms with Crippen LogP contribution in [0.25, 0.3) is 0 Å². The van der Waals surface area contributed by atoms with Crippen LogP contribution in [-0.2, 0) is 29.2 Å². The Hall–Kier alpha value is -2.72. The van der Waals surface area contributed by atoms with E-state index in [-0.39, 0.29) is 18.2 Å². The van der Waals surface area contributed by atoms with Crippen molar-refractivity contribution in [2.24, 2.45) is 0 Å². The summed E-state index contributed by atoms with van der Waals surface area (Å²) in [5.74, 6) is 0. The highest BCUT2D eigenvalue weighted by Crippen LogP contribution is 2.28. The summed E-state index contributed by atoms with van der Waals surface area (Å²) in [6.45, 7) is 6.94. The molecule has 0 radical (unpaired) electrons. The Morgan fingerprint density at radius 3 is 1.77 bits per heavy atom. The molecular weight excluding hydrogens is 370 g/mol. The first-order valence-electron chi connectivity index (χ1n) is 10.5. The van der Waals surface area contributed by atoms with E-state index in [1.165, 1.54) is 16.7 Å². The first kappa shape index (κ1) is 20.5. The third kappa shape index (κ3) is 5.25. The van der Waals surface area contributed by atoms with Crippen LogP contribution in [0.15, 0.2) is 104 Å². The first-order valence-corrected chi connectivity index (χ1v) is 10.5. The third-order valence-electron chi connectivity index (χ3n) is 5.60. The summed E-state index contributed by atoms with van der Waals surface area (Å²) in [5.41, 5.74) is 3.63. The van der Waals surface area contributed by atoms with Crippen LogP contribution < -0.4 is 0 Å². The van der Waals surface area contributed by atoms with Gasteiger partial charge >= 0.3 is 0 Å². The molecular formula is C27H29NO2. The fourth-order valence-corrected chi connectivity index (χ4v) is 4.05. The standard InChI is InChI=1S/C27H29NO2/c1-2-25-27(30-21-24-16-10-5-11-17-24)26(29-20-23-14-8-4-9-15-23)19-28(25)18-22-12-6-3-7-13-22/h2-17,25-27H,1,18-21H2/t25-,26+,27+/m1/s1. The summed E-state index contributed by atoms with van der Waals surface area (Å²) >= 11 is 0. The zero-order valence-corrected chi connectivity index (χ0v) is 17.3. The van der Waals surface area contributed by atoms with Crippen LogP contribution >= 0.6 is 0 Å². The van der Waals surface area contributed by atoms with Gasteiger partial charge in [-0.15, -0.1) is 6.58 Å². The average Bonchev–Trinajstić information content (AvgIpc) is 3.14. The van der Waals surface area contributed by atoms with Gasteiger partial charge in [-0.25, -0.2) is 0 Å². The maximum absolute atomic E-state index is 6.42. The van der Waals surface area contributed by atoms with Gasteiger partial charge in [-0.2, -0.15) is 0 Å². The zero-order chi connectivity index (χ0) is 20.6. The molecule has 154 valence electrons. The van der Waals surface area contributed by atoms with Gasteiger partial charge in [0.15, 0.2) is 0 Å². The minimum absolute atomic E-state index is 0.0133. The van der Waals surface area contributed by atoms with E-state index in [0.29, 0.717) is 13.2 Å². The molecule has 0 spiro atoms. The molecule has 1 heterocycles. The average molecular weight is 400 g/mol. The van der Waals surface area contributed by atoms with E-state index in [9.17, 15) is 0 Å². The second kappa shape index (κ2) is 10.4. The van der Waals surface area contributed by atoms with Crippen molar-refractivity contribution in [3.8, 4) is 0 Å². The molecule has 0 aromatic heterocycles. The van der Waals surface area contributed by atoms with E-state index < -0.39 is 0 Å². The Balaban J connectivity index is 1.48. The Labute approximate surface area is 179 Å². The second-order valence-electron chi connectivity index (χ2n) is 7.74. The molecule has 0 aliphatic carbocycles. The van der Waals surface area contributed by atoms with E-state index in [4.69, 9.17) is 9.47 Å². The Morgan fingerprint density at radius 2 is 1.23 bits per heavy atom. The van der Waals surface area contributed by atoms with Crippen molar-refractivity contribution in [1.82, 2.24) is 4.90 Å². The lowest BCUT2D eigenvalue weighted by Crippen LogP contribution is -2.36. The quantitative estimate of drug-likeness (QED) is 0.460. The van der Waals surface area contributed by atoms with Crippen LogP contribution in [0.2, 0.25) is 0 Å². The maximum Gasteiger partial charge on any atom is 0.104 e. The molecule has 4 rings (SSSR count). The van der Waals surface area contributed by atoms with Crippen molar-refractivity contribution < 1.29 is 9.47 Å². The molecule has 1 aliphatic rings. The summed E-state index contributed by atoms with van der Waals surface area (Å²) in [7, 11) is 0. The van der Waals surface area contributed by atoms with Crippen LogP contribution in [0, 0.1) is 0 Å². The number of hydrogen-bond acceptors (Lipinski definition) is 3. The Morgan fingerprint density at radius 1 is 0.733 bits per heavy atom. The highest BCUT2D eigenvalue weighted by Gasteiger charge is 2.41. The summed E-state index contributed by atoms with van der Waals surface area (Å²) in [5, 5.41) is 0. The fourth-order valence-electron chi connectivity index (χ4n) is 4.05. The fraction of sp³-hybridized carbons (Fsp3) is 0.259. The van der Waals surface area contributed by atoms with E-state index >= 15 is 0 Å². The maximum atomic E-state index is 6.42. The number of hydrogen-bond donors (Lipinski definition) is 0. The van der Waals surface area contributed by atoms with Gasteiger partial charge in [0, 0.05) is 13.1 Å². The van der Waals surface area contributed by atoms with Gasteiger partial charge in [-0.1, -0.05) is 97.1 Å². The smallest absolute Gasteiger partial charge is 0.104 e. The molecule has 3 heteroatoms. The van der Waals surface area contributed by atoms with Gasteiger partial charge in [-0.3, -0.25) is 4.90 Å². The number of ether oxygens (including phenoxy) is 2. The molecule has 3 atom stereocenters. The van der Waals surface area contributed by atoms with E-state index in [2.05, 4.69) is 66.1 Å². The number of nitrogens with zero attached hydrogens (tertiary/aromatic N) is 1. The molecule has 1 aliphatic heterocycles. The summed E-state index contributed by atoms with van der Waals surface area (Å²) in [4.78, 5) is 2.41. The normalized spacial score (nSPS) is 21.5. The summed E-state index contributed by atoms with van der Waals surface area (Å²) in [6, 6.07) is 31.3. The zero-order valence-electron chi connectivity index (χ0n) is 17.3. The second-order valence-corrected chi connectivity index (χ2v) is 7.74. The highest BCUT2D eigenvalue weighted by atomic mass is 16.5. The Bertz CT molecular complexity index is 898. The minimum Gasteiger partial charge on any atom is -0.369 e. The number of benzene rings is 3. The Kier molecular flexibility index (Phi) is 7.09. The van der Waals surface area contributed by atoms with Crippen molar-refractivity contribution in [2.75, 3.05) is 6.54 Å². The van der Waals surface area contributed by atoms with Gasteiger partial charge < -0.3 is 9.47 Å².